The van der Waals surface area contributed by atoms with E-state index in [0.29, 0.717) is 5.75 Å². The van der Waals surface area contributed by atoms with E-state index in [1.165, 1.54) is 44.4 Å². The highest BCUT2D eigenvalue weighted by Gasteiger charge is 2.35. The average Bonchev–Trinajstić information content (AvgIpc) is 3.05. The lowest BCUT2D eigenvalue weighted by molar-refractivity contribution is -0.139. The fraction of sp³-hybridized carbons (Fsp3) is 0.235. The third kappa shape index (κ3) is 8.23. The maximum atomic E-state index is 14.5. The molecule has 0 saturated carbocycles. The number of anilines is 1. The SMILES string of the molecule is CNC(=O)C(Cc1ccccc1)N(Cc1cccc(Br)c1)C(=O)CN(c1cc(OC)ccc1OC)S(=O)(=O)c1ccc(C)cc1. The van der Waals surface area contributed by atoms with Crippen molar-refractivity contribution in [2.75, 3.05) is 32.1 Å². The fourth-order valence-electron chi connectivity index (χ4n) is 4.90. The van der Waals surface area contributed by atoms with Crippen LogP contribution in [-0.4, -0.2) is 59.0 Å². The molecule has 0 aliphatic carbocycles. The molecule has 236 valence electrons. The summed E-state index contributed by atoms with van der Waals surface area (Å²) in [7, 11) is 0.0931. The number of carbonyl (C=O) groups excluding carboxylic acids is 2. The van der Waals surface area contributed by atoms with E-state index in [1.807, 2.05) is 61.5 Å². The van der Waals surface area contributed by atoms with Gasteiger partial charge in [0, 0.05) is 30.6 Å². The zero-order valence-corrected chi connectivity index (χ0v) is 28.0. The molecule has 2 amide bonds. The predicted molar refractivity (Wildman–Crippen MR) is 178 cm³/mol. The van der Waals surface area contributed by atoms with Gasteiger partial charge in [0.25, 0.3) is 10.0 Å². The normalized spacial score (nSPS) is 11.8. The van der Waals surface area contributed by atoms with Gasteiger partial charge in [-0.15, -0.1) is 0 Å². The van der Waals surface area contributed by atoms with E-state index in [1.54, 1.807) is 24.3 Å². The molecule has 0 saturated heterocycles. The minimum Gasteiger partial charge on any atom is -0.497 e. The minimum atomic E-state index is -4.30. The van der Waals surface area contributed by atoms with E-state index >= 15 is 0 Å². The molecule has 45 heavy (non-hydrogen) atoms. The molecule has 4 rings (SSSR count). The first kappa shape index (κ1) is 33.5. The van der Waals surface area contributed by atoms with Crippen LogP contribution in [-0.2, 0) is 32.6 Å². The van der Waals surface area contributed by atoms with Crippen molar-refractivity contribution in [2.24, 2.45) is 0 Å². The van der Waals surface area contributed by atoms with E-state index in [9.17, 15) is 18.0 Å². The molecular formula is C34H36BrN3O6S. The first-order valence-corrected chi connectivity index (χ1v) is 16.4. The molecule has 1 unspecified atom stereocenters. The Labute approximate surface area is 273 Å². The first-order valence-electron chi connectivity index (χ1n) is 14.2. The fourth-order valence-corrected chi connectivity index (χ4v) is 6.76. The van der Waals surface area contributed by atoms with E-state index in [0.717, 1.165) is 25.5 Å². The van der Waals surface area contributed by atoms with Gasteiger partial charge in [0.2, 0.25) is 11.8 Å². The molecule has 4 aromatic carbocycles. The number of amides is 2. The first-order chi connectivity index (χ1) is 21.6. The van der Waals surface area contributed by atoms with Crippen molar-refractivity contribution >= 4 is 43.5 Å². The monoisotopic (exact) mass is 693 g/mol. The van der Waals surface area contributed by atoms with Crippen molar-refractivity contribution < 1.29 is 27.5 Å². The number of hydrogen-bond donors (Lipinski definition) is 1. The Kier molecular flexibility index (Phi) is 11.2. The number of nitrogens with zero attached hydrogens (tertiary/aromatic N) is 2. The summed E-state index contributed by atoms with van der Waals surface area (Å²) in [4.78, 5) is 29.4. The Hall–Kier alpha value is -4.35. The Balaban J connectivity index is 1.85. The standard InChI is InChI=1S/C34H36BrN3O6S/c1-24-13-16-29(17-14-24)45(41,42)38(30-21-28(43-3)15-18-32(30)44-4)23-33(39)37(22-26-11-8-12-27(35)19-26)31(34(40)36-2)20-25-9-6-5-7-10-25/h5-19,21,31H,20,22-23H2,1-4H3,(H,36,40). The lowest BCUT2D eigenvalue weighted by Gasteiger charge is -2.34. The van der Waals surface area contributed by atoms with Crippen LogP contribution in [0.3, 0.4) is 0 Å². The highest BCUT2D eigenvalue weighted by molar-refractivity contribution is 9.10. The number of carbonyl (C=O) groups is 2. The smallest absolute Gasteiger partial charge is 0.264 e. The second kappa shape index (κ2) is 15.1. The highest BCUT2D eigenvalue weighted by atomic mass is 79.9. The van der Waals surface area contributed by atoms with Crippen molar-refractivity contribution in [1.82, 2.24) is 10.2 Å². The summed E-state index contributed by atoms with van der Waals surface area (Å²) in [5.74, 6) is -0.361. The Morgan fingerprint density at radius 2 is 1.56 bits per heavy atom. The number of aryl methyl sites for hydroxylation is 1. The number of benzene rings is 4. The second-order valence-corrected chi connectivity index (χ2v) is 13.1. The van der Waals surface area contributed by atoms with Crippen molar-refractivity contribution in [3.8, 4) is 11.5 Å². The minimum absolute atomic E-state index is 0.00329. The molecule has 0 bridgehead atoms. The molecule has 1 atom stereocenters. The van der Waals surface area contributed by atoms with Gasteiger partial charge < -0.3 is 19.7 Å². The Morgan fingerprint density at radius 3 is 2.18 bits per heavy atom. The van der Waals surface area contributed by atoms with E-state index in [2.05, 4.69) is 21.2 Å². The van der Waals surface area contributed by atoms with E-state index in [-0.39, 0.29) is 35.2 Å². The Bertz CT molecular complexity index is 1730. The number of likely N-dealkylation sites (N-methyl/N-ethyl adjacent to an activating group) is 1. The molecule has 0 radical (unpaired) electrons. The van der Waals surface area contributed by atoms with Crippen LogP contribution in [0.15, 0.2) is 106 Å². The highest BCUT2D eigenvalue weighted by Crippen LogP contribution is 2.36. The molecule has 0 heterocycles. The lowest BCUT2D eigenvalue weighted by atomic mass is 10.0. The van der Waals surface area contributed by atoms with Gasteiger partial charge in [-0.25, -0.2) is 8.42 Å². The third-order valence-corrected chi connectivity index (χ3v) is 9.57. The number of rotatable bonds is 13. The van der Waals surface area contributed by atoms with Gasteiger partial charge in [-0.05, 0) is 54.4 Å². The van der Waals surface area contributed by atoms with Gasteiger partial charge in [0.1, 0.15) is 24.1 Å². The summed E-state index contributed by atoms with van der Waals surface area (Å²) in [6, 6.07) is 26.9. The van der Waals surface area contributed by atoms with Crippen molar-refractivity contribution in [3.63, 3.8) is 0 Å². The van der Waals surface area contributed by atoms with Gasteiger partial charge in [-0.2, -0.15) is 0 Å². The molecule has 0 aliphatic rings. The van der Waals surface area contributed by atoms with Gasteiger partial charge in [0.05, 0.1) is 24.8 Å². The second-order valence-electron chi connectivity index (χ2n) is 10.3. The maximum Gasteiger partial charge on any atom is 0.264 e. The molecule has 1 N–H and O–H groups in total. The number of nitrogens with one attached hydrogen (secondary N) is 1. The number of hydrogen-bond acceptors (Lipinski definition) is 6. The zero-order valence-electron chi connectivity index (χ0n) is 25.6. The molecule has 0 aliphatic heterocycles. The topological polar surface area (TPSA) is 105 Å². The molecular weight excluding hydrogens is 658 g/mol. The van der Waals surface area contributed by atoms with Crippen LogP contribution in [0, 0.1) is 6.92 Å². The van der Waals surface area contributed by atoms with Crippen molar-refractivity contribution in [2.45, 2.75) is 30.8 Å². The maximum absolute atomic E-state index is 14.5. The van der Waals surface area contributed by atoms with Gasteiger partial charge >= 0.3 is 0 Å². The van der Waals surface area contributed by atoms with E-state index < -0.39 is 28.5 Å². The van der Waals surface area contributed by atoms with Gasteiger partial charge in [-0.1, -0.05) is 76.1 Å². The summed E-state index contributed by atoms with van der Waals surface area (Å²) in [6.07, 6.45) is 0.216. The average molecular weight is 695 g/mol. The predicted octanol–water partition coefficient (Wildman–Crippen LogP) is 5.36. The molecule has 4 aromatic rings. The molecule has 0 aromatic heterocycles. The number of halogens is 1. The van der Waals surface area contributed by atoms with Crippen molar-refractivity contribution in [1.29, 1.82) is 0 Å². The van der Waals surface area contributed by atoms with Crippen LogP contribution >= 0.6 is 15.9 Å². The third-order valence-electron chi connectivity index (χ3n) is 7.30. The number of methoxy groups -OCH3 is 2. The van der Waals surface area contributed by atoms with Crippen LogP contribution in [0.2, 0.25) is 0 Å². The molecule has 11 heteroatoms. The molecule has 0 fully saturated rings. The van der Waals surface area contributed by atoms with Crippen LogP contribution < -0.4 is 19.1 Å². The quantitative estimate of drug-likeness (QED) is 0.202. The van der Waals surface area contributed by atoms with Crippen molar-refractivity contribution in [3.05, 3.63) is 118 Å². The van der Waals surface area contributed by atoms with E-state index in [4.69, 9.17) is 9.47 Å². The summed E-state index contributed by atoms with van der Waals surface area (Å²) >= 11 is 3.48. The van der Waals surface area contributed by atoms with Crippen LogP contribution in [0.5, 0.6) is 11.5 Å². The summed E-state index contributed by atoms with van der Waals surface area (Å²) in [5, 5.41) is 2.69. The zero-order chi connectivity index (χ0) is 32.6. The summed E-state index contributed by atoms with van der Waals surface area (Å²) < 4.78 is 41.4. The number of sulfonamides is 1. The summed E-state index contributed by atoms with van der Waals surface area (Å²) in [6.45, 7) is 1.29. The largest absolute Gasteiger partial charge is 0.497 e. The molecule has 9 nitrogen and oxygen atoms in total. The lowest BCUT2D eigenvalue weighted by Crippen LogP contribution is -2.53. The van der Waals surface area contributed by atoms with Crippen LogP contribution in [0.4, 0.5) is 5.69 Å². The molecule has 0 spiro atoms. The van der Waals surface area contributed by atoms with Gasteiger partial charge in [0.15, 0.2) is 0 Å². The Morgan fingerprint density at radius 1 is 0.867 bits per heavy atom. The number of ether oxygens (including phenoxy) is 2. The van der Waals surface area contributed by atoms with Gasteiger partial charge in [-0.3, -0.25) is 13.9 Å². The summed E-state index contributed by atoms with van der Waals surface area (Å²) in [5.41, 5.74) is 2.60. The van der Waals surface area contributed by atoms with Crippen LogP contribution in [0.25, 0.3) is 0 Å². The van der Waals surface area contributed by atoms with Crippen LogP contribution in [0.1, 0.15) is 16.7 Å².